The normalized spacial score (nSPS) is 18.6. The van der Waals surface area contributed by atoms with Crippen LogP contribution in [0.1, 0.15) is 23.5 Å². The average molecular weight is 229 g/mol. The first-order chi connectivity index (χ1) is 8.24. The lowest BCUT2D eigenvalue weighted by atomic mass is 9.87. The fourth-order valence-electron chi connectivity index (χ4n) is 2.15. The number of rotatable bonds is 1. The maximum absolute atomic E-state index is 11.6. The fourth-order valence-corrected chi connectivity index (χ4v) is 2.15. The van der Waals surface area contributed by atoms with Gasteiger partial charge in [0.05, 0.1) is 6.20 Å². The summed E-state index contributed by atoms with van der Waals surface area (Å²) in [5, 5.41) is 18.7. The Bertz CT molecular complexity index is 559. The quantitative estimate of drug-likeness (QED) is 0.694. The van der Waals surface area contributed by atoms with Crippen LogP contribution in [0, 0.1) is 0 Å². The van der Waals surface area contributed by atoms with Gasteiger partial charge in [0.2, 0.25) is 5.91 Å². The lowest BCUT2D eigenvalue weighted by Crippen LogP contribution is -2.22. The number of H-pyrrole nitrogens is 1. The van der Waals surface area contributed by atoms with E-state index in [1.165, 1.54) is 0 Å². The highest BCUT2D eigenvalue weighted by Gasteiger charge is 2.27. The van der Waals surface area contributed by atoms with Gasteiger partial charge in [0.15, 0.2) is 0 Å². The number of hydrogen-bond acceptors (Lipinski definition) is 3. The second kappa shape index (κ2) is 3.62. The van der Waals surface area contributed by atoms with E-state index < -0.39 is 0 Å². The number of nitrogens with zero attached hydrogens (tertiary/aromatic N) is 1. The highest BCUT2D eigenvalue weighted by molar-refractivity contribution is 5.94. The van der Waals surface area contributed by atoms with Crippen molar-refractivity contribution in [1.82, 2.24) is 10.2 Å². The molecule has 0 radical (unpaired) electrons. The predicted molar refractivity (Wildman–Crippen MR) is 61.8 cm³/mol. The minimum Gasteiger partial charge on any atom is -0.508 e. The van der Waals surface area contributed by atoms with Crippen molar-refractivity contribution in [1.29, 1.82) is 0 Å². The van der Waals surface area contributed by atoms with Crippen LogP contribution in [0.5, 0.6) is 5.75 Å². The smallest absolute Gasteiger partial charge is 0.226 e. The van der Waals surface area contributed by atoms with Crippen molar-refractivity contribution in [2.45, 2.75) is 12.3 Å². The topological polar surface area (TPSA) is 78.0 Å². The maximum Gasteiger partial charge on any atom is 0.226 e. The van der Waals surface area contributed by atoms with E-state index in [1.807, 2.05) is 12.1 Å². The number of amides is 1. The van der Waals surface area contributed by atoms with Gasteiger partial charge in [-0.3, -0.25) is 9.89 Å². The largest absolute Gasteiger partial charge is 0.508 e. The first-order valence-corrected chi connectivity index (χ1v) is 5.36. The zero-order valence-corrected chi connectivity index (χ0v) is 8.97. The molecule has 3 N–H and O–H groups in total. The molecule has 0 unspecified atom stereocenters. The molecular weight excluding hydrogens is 218 g/mol. The lowest BCUT2D eigenvalue weighted by molar-refractivity contribution is -0.116. The van der Waals surface area contributed by atoms with Crippen LogP contribution in [-0.2, 0) is 4.79 Å². The van der Waals surface area contributed by atoms with Gasteiger partial charge in [-0.2, -0.15) is 5.10 Å². The summed E-state index contributed by atoms with van der Waals surface area (Å²) in [6, 6.07) is 6.91. The molecule has 1 amide bonds. The van der Waals surface area contributed by atoms with E-state index >= 15 is 0 Å². The van der Waals surface area contributed by atoms with E-state index in [9.17, 15) is 9.90 Å². The second-order valence-electron chi connectivity index (χ2n) is 4.10. The number of aromatic hydroxyl groups is 1. The molecule has 0 aliphatic carbocycles. The molecule has 0 bridgehead atoms. The summed E-state index contributed by atoms with van der Waals surface area (Å²) in [4.78, 5) is 11.6. The molecule has 1 atom stereocenters. The Morgan fingerprint density at radius 1 is 1.29 bits per heavy atom. The van der Waals surface area contributed by atoms with Gasteiger partial charge < -0.3 is 10.4 Å². The van der Waals surface area contributed by atoms with Gasteiger partial charge in [-0.15, -0.1) is 0 Å². The zero-order valence-electron chi connectivity index (χ0n) is 8.97. The average Bonchev–Trinajstić information content (AvgIpc) is 2.77. The molecule has 3 rings (SSSR count). The Hall–Kier alpha value is -2.30. The first-order valence-electron chi connectivity index (χ1n) is 5.36. The van der Waals surface area contributed by atoms with Crippen molar-refractivity contribution in [2.24, 2.45) is 0 Å². The third kappa shape index (κ3) is 1.65. The summed E-state index contributed by atoms with van der Waals surface area (Å²) in [7, 11) is 0. The Morgan fingerprint density at radius 2 is 2.06 bits per heavy atom. The van der Waals surface area contributed by atoms with Gasteiger partial charge in [0.1, 0.15) is 11.6 Å². The van der Waals surface area contributed by atoms with Gasteiger partial charge in [0, 0.05) is 17.9 Å². The highest BCUT2D eigenvalue weighted by atomic mass is 16.3. The molecule has 0 spiro atoms. The second-order valence-corrected chi connectivity index (χ2v) is 4.10. The monoisotopic (exact) mass is 229 g/mol. The van der Waals surface area contributed by atoms with Crippen LogP contribution in [0.25, 0.3) is 0 Å². The van der Waals surface area contributed by atoms with Crippen LogP contribution < -0.4 is 5.32 Å². The van der Waals surface area contributed by atoms with Gasteiger partial charge in [-0.25, -0.2) is 0 Å². The molecule has 0 saturated carbocycles. The molecule has 0 saturated heterocycles. The van der Waals surface area contributed by atoms with E-state index in [1.54, 1.807) is 18.3 Å². The first kappa shape index (κ1) is 9.89. The predicted octanol–water partition coefficient (Wildman–Crippen LogP) is 1.59. The summed E-state index contributed by atoms with van der Waals surface area (Å²) in [5.41, 5.74) is 1.98. The van der Waals surface area contributed by atoms with Crippen molar-refractivity contribution in [2.75, 3.05) is 5.32 Å². The lowest BCUT2D eigenvalue weighted by Gasteiger charge is -2.22. The number of anilines is 1. The van der Waals surface area contributed by atoms with E-state index in [0.29, 0.717) is 12.2 Å². The molecule has 1 aromatic heterocycles. The van der Waals surface area contributed by atoms with Crippen molar-refractivity contribution < 1.29 is 9.90 Å². The van der Waals surface area contributed by atoms with E-state index in [0.717, 1.165) is 11.1 Å². The molecule has 1 aliphatic heterocycles. The molecule has 1 aliphatic rings. The number of carbonyl (C=O) groups is 1. The van der Waals surface area contributed by atoms with Gasteiger partial charge in [0.25, 0.3) is 0 Å². The Labute approximate surface area is 97.5 Å². The van der Waals surface area contributed by atoms with Crippen LogP contribution in [0.4, 0.5) is 5.82 Å². The van der Waals surface area contributed by atoms with Crippen molar-refractivity contribution in [3.05, 3.63) is 41.6 Å². The van der Waals surface area contributed by atoms with Crippen molar-refractivity contribution in [3.8, 4) is 5.75 Å². The van der Waals surface area contributed by atoms with Gasteiger partial charge in [-0.1, -0.05) is 12.1 Å². The number of hydrogen-bond donors (Lipinski definition) is 3. The zero-order chi connectivity index (χ0) is 11.8. The minimum atomic E-state index is -0.0279. The number of phenols is 1. The van der Waals surface area contributed by atoms with Crippen LogP contribution in [0.15, 0.2) is 30.5 Å². The number of carbonyl (C=O) groups excluding carboxylic acids is 1. The molecule has 0 fully saturated rings. The molecule has 5 nitrogen and oxygen atoms in total. The number of fused-ring (bicyclic) bond motifs is 1. The van der Waals surface area contributed by atoms with Crippen LogP contribution in [0.3, 0.4) is 0 Å². The highest BCUT2D eigenvalue weighted by Crippen LogP contribution is 2.35. The molecule has 17 heavy (non-hydrogen) atoms. The fraction of sp³-hybridized carbons (Fsp3) is 0.167. The Balaban J connectivity index is 2.04. The molecular formula is C12H11N3O2. The summed E-state index contributed by atoms with van der Waals surface area (Å²) in [6.07, 6.45) is 2.13. The van der Waals surface area contributed by atoms with Gasteiger partial charge in [-0.05, 0) is 17.7 Å². The standard InChI is InChI=1S/C12H11N3O2/c16-8-3-1-7(2-4-8)9-5-11(17)14-12-10(9)6-13-15-12/h1-4,6,9,16H,5H2,(H2,13,14,15,17)/t9-/m0/s1. The molecule has 5 heteroatoms. The Morgan fingerprint density at radius 3 is 2.82 bits per heavy atom. The number of nitrogens with one attached hydrogen (secondary N) is 2. The van der Waals surface area contributed by atoms with Crippen LogP contribution in [0.2, 0.25) is 0 Å². The van der Waals surface area contributed by atoms with Crippen LogP contribution >= 0.6 is 0 Å². The molecule has 1 aromatic carbocycles. The molecule has 86 valence electrons. The summed E-state index contributed by atoms with van der Waals surface area (Å²) in [6.45, 7) is 0. The number of aromatic amines is 1. The summed E-state index contributed by atoms with van der Waals surface area (Å²) >= 11 is 0. The van der Waals surface area contributed by atoms with Gasteiger partial charge >= 0.3 is 0 Å². The number of aromatic nitrogens is 2. The van der Waals surface area contributed by atoms with E-state index in [-0.39, 0.29) is 17.6 Å². The van der Waals surface area contributed by atoms with E-state index in [2.05, 4.69) is 15.5 Å². The number of phenolic OH excluding ortho intramolecular Hbond substituents is 1. The Kier molecular flexibility index (Phi) is 2.11. The summed E-state index contributed by atoms with van der Waals surface area (Å²) in [5.74, 6) is 0.860. The third-order valence-corrected chi connectivity index (χ3v) is 2.99. The summed E-state index contributed by atoms with van der Waals surface area (Å²) < 4.78 is 0. The van der Waals surface area contributed by atoms with E-state index in [4.69, 9.17) is 0 Å². The minimum absolute atomic E-state index is 0.00176. The maximum atomic E-state index is 11.6. The number of benzene rings is 1. The van der Waals surface area contributed by atoms with Crippen molar-refractivity contribution >= 4 is 11.7 Å². The molecule has 2 aromatic rings. The van der Waals surface area contributed by atoms with Crippen molar-refractivity contribution in [3.63, 3.8) is 0 Å². The van der Waals surface area contributed by atoms with Crippen LogP contribution in [-0.4, -0.2) is 21.2 Å². The molecule has 2 heterocycles. The SMILES string of the molecule is O=C1C[C@@H](c2ccc(O)cc2)c2cn[nH]c2N1. The third-order valence-electron chi connectivity index (χ3n) is 2.99.